The second-order valence-corrected chi connectivity index (χ2v) is 4.09. The van der Waals surface area contributed by atoms with Gasteiger partial charge in [0.25, 0.3) is 0 Å². The van der Waals surface area contributed by atoms with Crippen LogP contribution in [-0.2, 0) is 22.2 Å². The second-order valence-electron chi connectivity index (χ2n) is 4.09. The molecule has 0 fully saturated rings. The molecule has 1 rings (SSSR count). The maximum atomic E-state index is 13.1. The summed E-state index contributed by atoms with van der Waals surface area (Å²) in [6, 6.07) is 2.96. The zero-order valence-corrected chi connectivity index (χ0v) is 11.1. The third-order valence-corrected chi connectivity index (χ3v) is 2.52. The van der Waals surface area contributed by atoms with Gasteiger partial charge in [0.1, 0.15) is 5.82 Å². The minimum absolute atomic E-state index is 0.219. The summed E-state index contributed by atoms with van der Waals surface area (Å²) in [4.78, 5) is 0. The normalized spacial score (nSPS) is 11.8. The van der Waals surface area contributed by atoms with Crippen LogP contribution >= 0.6 is 0 Å². The van der Waals surface area contributed by atoms with E-state index in [1.807, 2.05) is 0 Å². The quantitative estimate of drug-likeness (QED) is 0.591. The van der Waals surface area contributed by atoms with E-state index in [0.717, 1.165) is 12.1 Å². The van der Waals surface area contributed by atoms with E-state index in [2.05, 4.69) is 5.32 Å². The molecule has 1 aromatic rings. The van der Waals surface area contributed by atoms with Crippen LogP contribution in [0.5, 0.6) is 0 Å². The zero-order valence-electron chi connectivity index (χ0n) is 11.1. The standard InChI is InChI=1S/C13H17F4NO2/c1-19-6-7-20-5-4-18-9-10-2-3-12(14)11(8-10)13(15,16)17/h2-3,8,18H,4-7,9H2,1H3. The number of hydrogen-bond donors (Lipinski definition) is 1. The molecule has 0 aliphatic rings. The maximum Gasteiger partial charge on any atom is 0.419 e. The Labute approximate surface area is 114 Å². The van der Waals surface area contributed by atoms with Crippen molar-refractivity contribution in [3.8, 4) is 0 Å². The van der Waals surface area contributed by atoms with Crippen LogP contribution in [0.1, 0.15) is 11.1 Å². The lowest BCUT2D eigenvalue weighted by atomic mass is 10.1. The monoisotopic (exact) mass is 295 g/mol. The highest BCUT2D eigenvalue weighted by molar-refractivity contribution is 5.27. The summed E-state index contributed by atoms with van der Waals surface area (Å²) in [5.74, 6) is -1.26. The summed E-state index contributed by atoms with van der Waals surface area (Å²) in [6.45, 7) is 2.09. The Morgan fingerprint density at radius 2 is 1.90 bits per heavy atom. The van der Waals surface area contributed by atoms with Crippen molar-refractivity contribution in [2.45, 2.75) is 12.7 Å². The number of nitrogens with one attached hydrogen (secondary N) is 1. The van der Waals surface area contributed by atoms with Gasteiger partial charge in [-0.25, -0.2) is 4.39 Å². The van der Waals surface area contributed by atoms with Crippen LogP contribution in [0.2, 0.25) is 0 Å². The van der Waals surface area contributed by atoms with E-state index in [0.29, 0.717) is 31.9 Å². The van der Waals surface area contributed by atoms with Crippen LogP contribution in [0.4, 0.5) is 17.6 Å². The van der Waals surface area contributed by atoms with Gasteiger partial charge in [0.05, 0.1) is 25.4 Å². The van der Waals surface area contributed by atoms with E-state index in [9.17, 15) is 17.6 Å². The molecular formula is C13H17F4NO2. The van der Waals surface area contributed by atoms with Crippen LogP contribution < -0.4 is 5.32 Å². The summed E-state index contributed by atoms with van der Waals surface area (Å²) < 4.78 is 60.5. The number of ether oxygens (including phenoxy) is 2. The number of hydrogen-bond acceptors (Lipinski definition) is 3. The van der Waals surface area contributed by atoms with Gasteiger partial charge in [-0.15, -0.1) is 0 Å². The van der Waals surface area contributed by atoms with E-state index in [1.54, 1.807) is 7.11 Å². The Bertz CT molecular complexity index is 410. The first-order valence-electron chi connectivity index (χ1n) is 6.08. The van der Waals surface area contributed by atoms with E-state index in [1.165, 1.54) is 6.07 Å². The Kier molecular flexibility index (Phi) is 6.90. The van der Waals surface area contributed by atoms with E-state index >= 15 is 0 Å². The number of halogens is 4. The first-order chi connectivity index (χ1) is 9.45. The number of methoxy groups -OCH3 is 1. The maximum absolute atomic E-state index is 13.1. The van der Waals surface area contributed by atoms with Crippen molar-refractivity contribution in [1.29, 1.82) is 0 Å². The largest absolute Gasteiger partial charge is 0.419 e. The molecule has 0 atom stereocenters. The Balaban J connectivity index is 2.38. The van der Waals surface area contributed by atoms with Gasteiger partial charge in [0.2, 0.25) is 0 Å². The molecule has 0 bridgehead atoms. The molecule has 1 N–H and O–H groups in total. The van der Waals surface area contributed by atoms with Gasteiger partial charge in [-0.05, 0) is 17.7 Å². The fourth-order valence-corrected chi connectivity index (χ4v) is 1.52. The second kappa shape index (κ2) is 8.18. The average molecular weight is 295 g/mol. The summed E-state index contributed by atoms with van der Waals surface area (Å²) in [5.41, 5.74) is -0.872. The summed E-state index contributed by atoms with van der Waals surface area (Å²) in [6.07, 6.45) is -4.68. The van der Waals surface area contributed by atoms with Crippen molar-refractivity contribution in [3.05, 3.63) is 35.1 Å². The Hall–Kier alpha value is -1.18. The van der Waals surface area contributed by atoms with Crippen molar-refractivity contribution in [2.75, 3.05) is 33.5 Å². The first kappa shape index (κ1) is 16.9. The molecule has 0 aliphatic carbocycles. The predicted octanol–water partition coefficient (Wildman–Crippen LogP) is 2.60. The summed E-state index contributed by atoms with van der Waals surface area (Å²) in [5, 5.41) is 2.92. The lowest BCUT2D eigenvalue weighted by Crippen LogP contribution is -2.20. The molecule has 0 amide bonds. The third kappa shape index (κ3) is 5.85. The Morgan fingerprint density at radius 3 is 2.55 bits per heavy atom. The lowest BCUT2D eigenvalue weighted by Gasteiger charge is -2.11. The summed E-state index contributed by atoms with van der Waals surface area (Å²) in [7, 11) is 1.56. The highest BCUT2D eigenvalue weighted by Crippen LogP contribution is 2.31. The van der Waals surface area contributed by atoms with Crippen LogP contribution in [-0.4, -0.2) is 33.5 Å². The molecule has 0 saturated carbocycles. The highest BCUT2D eigenvalue weighted by atomic mass is 19.4. The van der Waals surface area contributed by atoms with Crippen LogP contribution in [0.3, 0.4) is 0 Å². The molecule has 3 nitrogen and oxygen atoms in total. The molecule has 1 aromatic carbocycles. The van der Waals surface area contributed by atoms with Gasteiger partial charge in [-0.2, -0.15) is 13.2 Å². The molecule has 0 saturated heterocycles. The fraction of sp³-hybridized carbons (Fsp3) is 0.538. The Morgan fingerprint density at radius 1 is 1.15 bits per heavy atom. The molecule has 0 aliphatic heterocycles. The number of rotatable bonds is 8. The average Bonchev–Trinajstić information content (AvgIpc) is 2.38. The first-order valence-corrected chi connectivity index (χ1v) is 6.08. The predicted molar refractivity (Wildman–Crippen MR) is 65.8 cm³/mol. The molecule has 114 valence electrons. The van der Waals surface area contributed by atoms with Crippen molar-refractivity contribution in [3.63, 3.8) is 0 Å². The number of alkyl halides is 3. The van der Waals surface area contributed by atoms with Gasteiger partial charge in [0.15, 0.2) is 0 Å². The van der Waals surface area contributed by atoms with Gasteiger partial charge in [0, 0.05) is 20.2 Å². The number of benzene rings is 1. The van der Waals surface area contributed by atoms with Gasteiger partial charge >= 0.3 is 6.18 Å². The molecule has 0 radical (unpaired) electrons. The molecule has 0 spiro atoms. The SMILES string of the molecule is COCCOCCNCc1ccc(F)c(C(F)(F)F)c1. The smallest absolute Gasteiger partial charge is 0.382 e. The van der Waals surface area contributed by atoms with Gasteiger partial charge < -0.3 is 14.8 Å². The molecule has 20 heavy (non-hydrogen) atoms. The highest BCUT2D eigenvalue weighted by Gasteiger charge is 2.34. The minimum Gasteiger partial charge on any atom is -0.382 e. The van der Waals surface area contributed by atoms with Crippen molar-refractivity contribution in [1.82, 2.24) is 5.32 Å². The van der Waals surface area contributed by atoms with E-state index < -0.39 is 17.6 Å². The molecule has 0 unspecified atom stereocenters. The molecule has 0 aromatic heterocycles. The van der Waals surface area contributed by atoms with E-state index in [-0.39, 0.29) is 6.54 Å². The van der Waals surface area contributed by atoms with Crippen molar-refractivity contribution in [2.24, 2.45) is 0 Å². The topological polar surface area (TPSA) is 30.5 Å². The zero-order chi connectivity index (χ0) is 15.0. The van der Waals surface area contributed by atoms with Crippen LogP contribution in [0, 0.1) is 5.82 Å². The van der Waals surface area contributed by atoms with Crippen molar-refractivity contribution >= 4 is 0 Å². The minimum atomic E-state index is -4.68. The van der Waals surface area contributed by atoms with Gasteiger partial charge in [-0.1, -0.05) is 6.07 Å². The molecule has 7 heteroatoms. The van der Waals surface area contributed by atoms with Crippen LogP contribution in [0.25, 0.3) is 0 Å². The summed E-state index contributed by atoms with van der Waals surface area (Å²) >= 11 is 0. The van der Waals surface area contributed by atoms with Gasteiger partial charge in [-0.3, -0.25) is 0 Å². The van der Waals surface area contributed by atoms with Crippen LogP contribution in [0.15, 0.2) is 18.2 Å². The lowest BCUT2D eigenvalue weighted by molar-refractivity contribution is -0.140. The fourth-order valence-electron chi connectivity index (χ4n) is 1.52. The van der Waals surface area contributed by atoms with Crippen molar-refractivity contribution < 1.29 is 27.0 Å². The third-order valence-electron chi connectivity index (χ3n) is 2.52. The molecule has 0 heterocycles. The van der Waals surface area contributed by atoms with E-state index in [4.69, 9.17) is 9.47 Å². The molecular weight excluding hydrogens is 278 g/mol.